The van der Waals surface area contributed by atoms with Crippen LogP contribution >= 0.6 is 0 Å². The molecule has 2 N–H and O–H groups in total. The fourth-order valence-corrected chi connectivity index (χ4v) is 2.53. The molecule has 1 fully saturated rings. The van der Waals surface area contributed by atoms with E-state index in [1.54, 1.807) is 0 Å². The molecule has 0 aliphatic heterocycles. The van der Waals surface area contributed by atoms with Crippen molar-refractivity contribution in [2.24, 2.45) is 5.92 Å². The number of carbonyl (C=O) groups is 1. The minimum absolute atomic E-state index is 0.00177. The first-order valence-corrected chi connectivity index (χ1v) is 7.67. The Morgan fingerprint density at radius 3 is 3.00 bits per heavy atom. The molecule has 1 amide bonds. The first kappa shape index (κ1) is 15.6. The summed E-state index contributed by atoms with van der Waals surface area (Å²) in [5, 5.41) is 11.9. The molecule has 1 aliphatic carbocycles. The van der Waals surface area contributed by atoms with E-state index in [4.69, 9.17) is 5.11 Å². The second-order valence-corrected chi connectivity index (χ2v) is 5.67. The van der Waals surface area contributed by atoms with E-state index in [2.05, 4.69) is 24.1 Å². The maximum absolute atomic E-state index is 12.3. The summed E-state index contributed by atoms with van der Waals surface area (Å²) >= 11 is 0. The zero-order valence-corrected chi connectivity index (χ0v) is 12.8. The molecule has 1 saturated carbocycles. The number of carbonyl (C=O) groups excluding carboxylic acids is 1. The van der Waals surface area contributed by atoms with Crippen molar-refractivity contribution in [3.8, 4) is 11.8 Å². The van der Waals surface area contributed by atoms with Gasteiger partial charge in [0.2, 0.25) is 0 Å². The molecule has 2 rings (SSSR count). The standard InChI is InChI=1S/C18H23NO2/c1-3-6-15-12-17(15)19-18(21)16-11-14(7-4-5-10-20)9-8-13(16)2/h8-9,11,15,17,20H,3,5-6,10,12H2,1-2H3,(H,19,21). The molecule has 1 aromatic carbocycles. The van der Waals surface area contributed by atoms with Crippen LogP contribution in [0.3, 0.4) is 0 Å². The van der Waals surface area contributed by atoms with Gasteiger partial charge in [0.1, 0.15) is 0 Å². The van der Waals surface area contributed by atoms with Gasteiger partial charge >= 0.3 is 0 Å². The topological polar surface area (TPSA) is 49.3 Å². The fraction of sp³-hybridized carbons (Fsp3) is 0.500. The van der Waals surface area contributed by atoms with Gasteiger partial charge in [0, 0.05) is 23.6 Å². The van der Waals surface area contributed by atoms with Crippen LogP contribution in [-0.4, -0.2) is 23.7 Å². The van der Waals surface area contributed by atoms with E-state index in [0.29, 0.717) is 23.9 Å². The second kappa shape index (κ2) is 7.28. The molecule has 0 spiro atoms. The average molecular weight is 285 g/mol. The van der Waals surface area contributed by atoms with Crippen molar-refractivity contribution in [3.63, 3.8) is 0 Å². The Labute approximate surface area is 126 Å². The van der Waals surface area contributed by atoms with E-state index in [-0.39, 0.29) is 12.5 Å². The Morgan fingerprint density at radius 2 is 2.29 bits per heavy atom. The van der Waals surface area contributed by atoms with Gasteiger partial charge in [-0.15, -0.1) is 0 Å². The van der Waals surface area contributed by atoms with E-state index < -0.39 is 0 Å². The van der Waals surface area contributed by atoms with Crippen molar-refractivity contribution in [2.75, 3.05) is 6.61 Å². The van der Waals surface area contributed by atoms with Crippen LogP contribution < -0.4 is 5.32 Å². The van der Waals surface area contributed by atoms with Gasteiger partial charge in [0.25, 0.3) is 5.91 Å². The quantitative estimate of drug-likeness (QED) is 0.817. The van der Waals surface area contributed by atoms with E-state index in [1.165, 1.54) is 12.8 Å². The van der Waals surface area contributed by atoms with Gasteiger partial charge < -0.3 is 10.4 Å². The highest BCUT2D eigenvalue weighted by atomic mass is 16.2. The number of rotatable bonds is 5. The minimum Gasteiger partial charge on any atom is -0.395 e. The number of benzene rings is 1. The second-order valence-electron chi connectivity index (χ2n) is 5.67. The van der Waals surface area contributed by atoms with Crippen molar-refractivity contribution in [1.29, 1.82) is 0 Å². The predicted molar refractivity (Wildman–Crippen MR) is 84.0 cm³/mol. The predicted octanol–water partition coefficient (Wildman–Crippen LogP) is 2.65. The molecule has 0 radical (unpaired) electrons. The zero-order valence-electron chi connectivity index (χ0n) is 12.8. The van der Waals surface area contributed by atoms with Gasteiger partial charge in [-0.1, -0.05) is 31.3 Å². The SMILES string of the molecule is CCCC1CC1NC(=O)c1cc(C#CCCO)ccc1C. The van der Waals surface area contributed by atoms with Crippen LogP contribution in [0.4, 0.5) is 0 Å². The lowest BCUT2D eigenvalue weighted by Gasteiger charge is -2.08. The Balaban J connectivity index is 2.03. The maximum atomic E-state index is 12.3. The van der Waals surface area contributed by atoms with Crippen LogP contribution in [-0.2, 0) is 0 Å². The Kier molecular flexibility index (Phi) is 5.41. The van der Waals surface area contributed by atoms with Gasteiger partial charge in [-0.05, 0) is 43.4 Å². The summed E-state index contributed by atoms with van der Waals surface area (Å²) in [7, 11) is 0. The third kappa shape index (κ3) is 4.34. The van der Waals surface area contributed by atoms with Crippen LogP contribution in [0.5, 0.6) is 0 Å². The molecule has 0 bridgehead atoms. The van der Waals surface area contributed by atoms with Crippen LogP contribution in [0.2, 0.25) is 0 Å². The van der Waals surface area contributed by atoms with Crippen LogP contribution in [0.25, 0.3) is 0 Å². The molecule has 0 aromatic heterocycles. The van der Waals surface area contributed by atoms with Crippen molar-refractivity contribution in [1.82, 2.24) is 5.32 Å². The fourth-order valence-electron chi connectivity index (χ4n) is 2.53. The first-order valence-electron chi connectivity index (χ1n) is 7.67. The molecule has 2 unspecified atom stereocenters. The average Bonchev–Trinajstić information content (AvgIpc) is 3.19. The smallest absolute Gasteiger partial charge is 0.251 e. The molecule has 1 aromatic rings. The lowest BCUT2D eigenvalue weighted by atomic mass is 10.0. The normalized spacial score (nSPS) is 19.6. The van der Waals surface area contributed by atoms with Gasteiger partial charge in [-0.25, -0.2) is 0 Å². The molecular formula is C18H23NO2. The Bertz CT molecular complexity index is 568. The van der Waals surface area contributed by atoms with Crippen molar-refractivity contribution in [2.45, 2.75) is 45.6 Å². The first-order chi connectivity index (χ1) is 10.2. The number of aryl methyl sites for hydroxylation is 1. The summed E-state index contributed by atoms with van der Waals surface area (Å²) in [6.45, 7) is 4.18. The number of hydrogen-bond donors (Lipinski definition) is 2. The zero-order chi connectivity index (χ0) is 15.2. The third-order valence-corrected chi connectivity index (χ3v) is 3.85. The number of aliphatic hydroxyl groups excluding tert-OH is 1. The highest BCUT2D eigenvalue weighted by molar-refractivity contribution is 5.96. The summed E-state index contributed by atoms with van der Waals surface area (Å²) in [4.78, 5) is 12.3. The van der Waals surface area contributed by atoms with Gasteiger partial charge in [-0.3, -0.25) is 4.79 Å². The van der Waals surface area contributed by atoms with Gasteiger partial charge in [0.05, 0.1) is 6.61 Å². The van der Waals surface area contributed by atoms with Crippen molar-refractivity contribution in [3.05, 3.63) is 34.9 Å². The van der Waals surface area contributed by atoms with E-state index in [1.807, 2.05) is 25.1 Å². The summed E-state index contributed by atoms with van der Waals surface area (Å²) in [5.74, 6) is 6.52. The van der Waals surface area contributed by atoms with E-state index in [9.17, 15) is 4.79 Å². The molecule has 2 atom stereocenters. The largest absolute Gasteiger partial charge is 0.395 e. The third-order valence-electron chi connectivity index (χ3n) is 3.85. The van der Waals surface area contributed by atoms with E-state index >= 15 is 0 Å². The number of aliphatic hydroxyl groups is 1. The van der Waals surface area contributed by atoms with Gasteiger partial charge in [0.15, 0.2) is 0 Å². The van der Waals surface area contributed by atoms with Crippen LogP contribution in [0, 0.1) is 24.7 Å². The molecule has 0 saturated heterocycles. The number of nitrogens with one attached hydrogen (secondary N) is 1. The maximum Gasteiger partial charge on any atom is 0.251 e. The van der Waals surface area contributed by atoms with Gasteiger partial charge in [-0.2, -0.15) is 0 Å². The molecule has 3 nitrogen and oxygen atoms in total. The van der Waals surface area contributed by atoms with Crippen LogP contribution in [0.15, 0.2) is 18.2 Å². The minimum atomic E-state index is 0.00177. The van der Waals surface area contributed by atoms with Crippen LogP contribution in [0.1, 0.15) is 54.1 Å². The monoisotopic (exact) mass is 285 g/mol. The molecule has 3 heteroatoms. The Hall–Kier alpha value is -1.79. The molecule has 1 aliphatic rings. The van der Waals surface area contributed by atoms with Crippen molar-refractivity contribution >= 4 is 5.91 Å². The molecule has 0 heterocycles. The highest BCUT2D eigenvalue weighted by Gasteiger charge is 2.37. The lowest BCUT2D eigenvalue weighted by molar-refractivity contribution is 0.0948. The lowest BCUT2D eigenvalue weighted by Crippen LogP contribution is -2.27. The van der Waals surface area contributed by atoms with E-state index in [0.717, 1.165) is 17.5 Å². The number of hydrogen-bond acceptors (Lipinski definition) is 2. The number of amides is 1. The molecule has 112 valence electrons. The van der Waals surface area contributed by atoms with Crippen molar-refractivity contribution < 1.29 is 9.90 Å². The summed E-state index contributed by atoms with van der Waals surface area (Å²) in [6, 6.07) is 6.02. The summed E-state index contributed by atoms with van der Waals surface area (Å²) in [5.41, 5.74) is 2.49. The Morgan fingerprint density at radius 1 is 1.48 bits per heavy atom. The summed E-state index contributed by atoms with van der Waals surface area (Å²) in [6.07, 6.45) is 3.92. The summed E-state index contributed by atoms with van der Waals surface area (Å²) < 4.78 is 0. The molecular weight excluding hydrogens is 262 g/mol. The molecule has 21 heavy (non-hydrogen) atoms. The highest BCUT2D eigenvalue weighted by Crippen LogP contribution is 2.34.